The molecule has 0 unspecified atom stereocenters. The fraction of sp³-hybridized carbons (Fsp3) is 0.733. The first-order chi connectivity index (χ1) is 9.14. The number of carbonyl (C=O) groups excluding carboxylic acids is 1. The van der Waals surface area contributed by atoms with Crippen molar-refractivity contribution in [3.63, 3.8) is 0 Å². The number of rotatable bonds is 3. The van der Waals surface area contributed by atoms with Crippen LogP contribution < -0.4 is 5.11 Å². The third kappa shape index (κ3) is 22.2. The van der Waals surface area contributed by atoms with Gasteiger partial charge in [0.15, 0.2) is 0 Å². The second-order valence-corrected chi connectivity index (χ2v) is 9.46. The third-order valence-corrected chi connectivity index (χ3v) is 5.60. The molecule has 136 valence electrons. The van der Waals surface area contributed by atoms with Crippen molar-refractivity contribution in [3.8, 4) is 0 Å². The van der Waals surface area contributed by atoms with E-state index in [4.69, 9.17) is 9.90 Å². The van der Waals surface area contributed by atoms with Crippen molar-refractivity contribution >= 4 is 13.9 Å². The number of aliphatic carboxylic acids is 1. The zero-order chi connectivity index (χ0) is 18.0. The van der Waals surface area contributed by atoms with Crippen LogP contribution >= 0.6 is 7.92 Å². The van der Waals surface area contributed by atoms with Gasteiger partial charge in [-0.15, -0.1) is 0 Å². The normalized spacial score (nSPS) is 10.5. The summed E-state index contributed by atoms with van der Waals surface area (Å²) in [5.41, 5.74) is 3.61. The first-order valence-electron chi connectivity index (χ1n) is 6.67. The molecule has 0 radical (unpaired) electrons. The maximum Gasteiger partial charge on any atom is 2.00 e. The zero-order valence-electron chi connectivity index (χ0n) is 14.4. The van der Waals surface area contributed by atoms with Gasteiger partial charge in [-0.3, -0.25) is 0 Å². The molecule has 0 fully saturated rings. The van der Waals surface area contributed by atoms with Gasteiger partial charge in [-0.05, 0) is 17.0 Å². The first-order valence-corrected chi connectivity index (χ1v) is 8.22. The van der Waals surface area contributed by atoms with Crippen LogP contribution in [0.3, 0.4) is 0 Å². The minimum absolute atomic E-state index is 0. The summed E-state index contributed by atoms with van der Waals surface area (Å²) in [6.07, 6.45) is -5.19. The minimum Gasteiger partial charge on any atom is -0.542 e. The number of hydrogen-bond donors (Lipinski definition) is 0. The Bertz CT molecular complexity index is 281. The van der Waals surface area contributed by atoms with Gasteiger partial charge in [-0.25, -0.2) is 19.1 Å². The molecule has 0 N–H and O–H groups in total. The van der Waals surface area contributed by atoms with Crippen LogP contribution in [0.15, 0.2) is 12.2 Å². The fourth-order valence-corrected chi connectivity index (χ4v) is 5.37. The Morgan fingerprint density at radius 3 is 1.18 bits per heavy atom. The summed E-state index contributed by atoms with van der Waals surface area (Å²) < 4.78 is 31.5. The summed E-state index contributed by atoms with van der Waals surface area (Å²) in [5.74, 6) is -3.01. The third-order valence-electron chi connectivity index (χ3n) is 2.02. The van der Waals surface area contributed by atoms with Crippen LogP contribution in [0.2, 0.25) is 0 Å². The molecule has 0 saturated heterocycles. The van der Waals surface area contributed by atoms with Crippen LogP contribution in [-0.4, -0.2) is 29.1 Å². The monoisotopic (exact) mass is 434 g/mol. The van der Waals surface area contributed by atoms with Crippen molar-refractivity contribution in [1.29, 1.82) is 0 Å². The Balaban J connectivity index is -0.000000118. The smallest absolute Gasteiger partial charge is 0.542 e. The van der Waals surface area contributed by atoms with Crippen LogP contribution in [0.5, 0.6) is 0 Å². The summed E-state index contributed by atoms with van der Waals surface area (Å²) in [5, 5.41) is 8.78. The second-order valence-electron chi connectivity index (χ2n) is 5.47. The van der Waals surface area contributed by atoms with E-state index < -0.39 is 12.1 Å². The average Bonchev–Trinajstić information content (AvgIpc) is 2.12. The molecule has 0 amide bonds. The Labute approximate surface area is 148 Å². The number of halogens is 3. The van der Waals surface area contributed by atoms with Crippen molar-refractivity contribution in [2.24, 2.45) is 0 Å². The van der Waals surface area contributed by atoms with Crippen LogP contribution in [0.4, 0.5) is 13.2 Å². The molecule has 0 spiro atoms. The summed E-state index contributed by atoms with van der Waals surface area (Å²) >= 11 is 0. The molecule has 2 nitrogen and oxygen atoms in total. The Morgan fingerprint density at radius 2 is 1.18 bits per heavy atom. The standard InChI is InChI=1S/C9H21P.C4H7.C2HF3O2.Pd/c1-7(2)10(8(3)4)9(5)6;1-4(2)3;3-2(4,5)1(6)7;/h7-9H,1-6H3;1-2H2,3H3;(H,6,7);/q;-1;;+2/p-1. The number of carbonyl (C=O) groups is 1. The molecule has 22 heavy (non-hydrogen) atoms. The van der Waals surface area contributed by atoms with Gasteiger partial charge in [0.05, 0.1) is 0 Å². The summed E-state index contributed by atoms with van der Waals surface area (Å²) in [4.78, 5) is 8.78. The number of alkyl halides is 3. The van der Waals surface area contributed by atoms with E-state index in [0.717, 1.165) is 22.6 Å². The van der Waals surface area contributed by atoms with Crippen molar-refractivity contribution in [2.45, 2.75) is 71.6 Å². The number of carboxylic acids is 1. The molecule has 0 aromatic heterocycles. The van der Waals surface area contributed by atoms with Gasteiger partial charge in [0.2, 0.25) is 0 Å². The summed E-state index contributed by atoms with van der Waals surface area (Å²) in [6, 6.07) is 0. The zero-order valence-corrected chi connectivity index (χ0v) is 16.8. The largest absolute Gasteiger partial charge is 2.00 e. The molecular formula is C15H28F3O2PPd. The predicted octanol–water partition coefficient (Wildman–Crippen LogP) is 4.39. The van der Waals surface area contributed by atoms with Crippen molar-refractivity contribution < 1.29 is 43.5 Å². The predicted molar refractivity (Wildman–Crippen MR) is 83.6 cm³/mol. The van der Waals surface area contributed by atoms with E-state index in [0.29, 0.717) is 0 Å². The van der Waals surface area contributed by atoms with Crippen LogP contribution in [0.25, 0.3) is 0 Å². The van der Waals surface area contributed by atoms with E-state index >= 15 is 0 Å². The molecule has 0 heterocycles. The van der Waals surface area contributed by atoms with Gasteiger partial charge in [0, 0.05) is 0 Å². The van der Waals surface area contributed by atoms with Crippen molar-refractivity contribution in [3.05, 3.63) is 19.1 Å². The van der Waals surface area contributed by atoms with E-state index in [9.17, 15) is 13.2 Å². The SMILES string of the molecule is C=C([CH2-])C.CC(C)P(C(C)C)C(C)C.O=C([O-])C(F)(F)F.[Pd+2]. The molecule has 7 heteroatoms. The molecule has 0 bridgehead atoms. The summed E-state index contributed by atoms with van der Waals surface area (Å²) in [6.45, 7) is 22.9. The van der Waals surface area contributed by atoms with Gasteiger partial charge in [0.1, 0.15) is 5.97 Å². The van der Waals surface area contributed by atoms with Crippen molar-refractivity contribution in [1.82, 2.24) is 0 Å². The molecule has 0 rings (SSSR count). The number of carboxylic acid groups (broad SMARTS) is 1. The van der Waals surface area contributed by atoms with E-state index in [2.05, 4.69) is 55.0 Å². The van der Waals surface area contributed by atoms with Gasteiger partial charge >= 0.3 is 26.6 Å². The average molecular weight is 435 g/mol. The molecule has 0 atom stereocenters. The van der Waals surface area contributed by atoms with E-state index in [1.807, 2.05) is 6.92 Å². The molecule has 0 aliphatic heterocycles. The minimum atomic E-state index is -5.19. The Morgan fingerprint density at radius 1 is 1.05 bits per heavy atom. The Kier molecular flexibility index (Phi) is 19.8. The number of allylic oxidation sites excluding steroid dienone is 1. The quantitative estimate of drug-likeness (QED) is 0.375. The molecule has 0 aromatic carbocycles. The number of hydrogen-bond acceptors (Lipinski definition) is 2. The van der Waals surface area contributed by atoms with Crippen molar-refractivity contribution in [2.75, 3.05) is 0 Å². The second kappa shape index (κ2) is 14.5. The fourth-order valence-electron chi connectivity index (χ4n) is 1.79. The first kappa shape index (κ1) is 29.9. The van der Waals surface area contributed by atoms with Gasteiger partial charge in [0.25, 0.3) is 0 Å². The van der Waals surface area contributed by atoms with Crippen LogP contribution in [0, 0.1) is 6.92 Å². The van der Waals surface area contributed by atoms with Gasteiger partial charge < -0.3 is 9.90 Å². The topological polar surface area (TPSA) is 40.1 Å². The molecule has 0 aromatic rings. The summed E-state index contributed by atoms with van der Waals surface area (Å²) in [7, 11) is 0.262. The molecular weight excluding hydrogens is 407 g/mol. The van der Waals surface area contributed by atoms with Crippen LogP contribution in [0.1, 0.15) is 48.5 Å². The van der Waals surface area contributed by atoms with Crippen LogP contribution in [-0.2, 0) is 25.2 Å². The maximum atomic E-state index is 10.5. The van der Waals surface area contributed by atoms with E-state index in [-0.39, 0.29) is 28.3 Å². The van der Waals surface area contributed by atoms with Gasteiger partial charge in [-0.1, -0.05) is 56.4 Å². The van der Waals surface area contributed by atoms with Gasteiger partial charge in [-0.2, -0.15) is 13.2 Å². The Hall–Kier alpha value is -0.0377. The molecule has 0 aliphatic rings. The molecule has 0 saturated carbocycles. The molecule has 0 aliphatic carbocycles. The van der Waals surface area contributed by atoms with E-state index in [1.54, 1.807) is 0 Å². The van der Waals surface area contributed by atoms with E-state index in [1.165, 1.54) is 0 Å². The maximum absolute atomic E-state index is 10.5.